The van der Waals surface area contributed by atoms with Crippen molar-refractivity contribution in [2.24, 2.45) is 0 Å². The van der Waals surface area contributed by atoms with Gasteiger partial charge in [-0.3, -0.25) is 0 Å². The molecular weight excluding hydrogens is 354 g/mol. The Bertz CT molecular complexity index is 1240. The predicted molar refractivity (Wildman–Crippen MR) is 110 cm³/mol. The molecule has 4 heteroatoms. The molecule has 0 unspecified atom stereocenters. The minimum absolute atomic E-state index is 0.272. The summed E-state index contributed by atoms with van der Waals surface area (Å²) < 4.78 is 27.7. The van der Waals surface area contributed by atoms with E-state index in [0.29, 0.717) is 5.52 Å². The Labute approximate surface area is 159 Å². The van der Waals surface area contributed by atoms with Crippen LogP contribution >= 0.6 is 0 Å². The molecule has 0 fully saturated rings. The Morgan fingerprint density at radius 1 is 0.852 bits per heavy atom. The molecule has 0 amide bonds. The SMILES string of the molecule is C=C(c1ccccc1)c1ccc(C)c2c1ccn2S(=O)(=O)c1ccccc1. The van der Waals surface area contributed by atoms with E-state index < -0.39 is 10.0 Å². The first-order valence-corrected chi connectivity index (χ1v) is 10.1. The molecule has 0 N–H and O–H groups in total. The molecule has 0 aliphatic heterocycles. The van der Waals surface area contributed by atoms with Crippen LogP contribution in [0.15, 0.2) is 96.5 Å². The first-order valence-electron chi connectivity index (χ1n) is 8.66. The number of aromatic nitrogens is 1. The Hall–Kier alpha value is -3.11. The molecule has 0 spiro atoms. The van der Waals surface area contributed by atoms with Crippen LogP contribution in [0, 0.1) is 6.92 Å². The Morgan fingerprint density at radius 3 is 2.15 bits per heavy atom. The smallest absolute Gasteiger partial charge is 0.241 e. The Kier molecular flexibility index (Phi) is 4.21. The molecule has 0 saturated heterocycles. The standard InChI is InChI=1S/C23H19NO2S/c1-17-13-14-21(18(2)19-9-5-3-6-10-19)22-15-16-24(23(17)22)27(25,26)20-11-7-4-8-12-20/h3-16H,2H2,1H3. The largest absolute Gasteiger partial charge is 0.268 e. The van der Waals surface area contributed by atoms with Crippen LogP contribution in [0.2, 0.25) is 0 Å². The molecule has 0 radical (unpaired) electrons. The van der Waals surface area contributed by atoms with E-state index in [1.54, 1.807) is 36.5 Å². The second-order valence-electron chi connectivity index (χ2n) is 6.47. The molecule has 1 aromatic heterocycles. The zero-order chi connectivity index (χ0) is 19.0. The lowest BCUT2D eigenvalue weighted by atomic mass is 9.95. The average molecular weight is 373 g/mol. The van der Waals surface area contributed by atoms with Crippen molar-refractivity contribution in [2.75, 3.05) is 0 Å². The fourth-order valence-electron chi connectivity index (χ4n) is 3.36. The van der Waals surface area contributed by atoms with Gasteiger partial charge in [0.15, 0.2) is 0 Å². The van der Waals surface area contributed by atoms with Crippen molar-refractivity contribution < 1.29 is 8.42 Å². The van der Waals surface area contributed by atoms with Gasteiger partial charge in [0.2, 0.25) is 0 Å². The highest BCUT2D eigenvalue weighted by molar-refractivity contribution is 7.90. The molecule has 134 valence electrons. The van der Waals surface area contributed by atoms with Gasteiger partial charge in [0, 0.05) is 11.6 Å². The monoisotopic (exact) mass is 373 g/mol. The molecule has 0 saturated carbocycles. The first kappa shape index (κ1) is 17.3. The fraction of sp³-hybridized carbons (Fsp3) is 0.0435. The quantitative estimate of drug-likeness (QED) is 0.490. The zero-order valence-corrected chi connectivity index (χ0v) is 15.8. The fourth-order valence-corrected chi connectivity index (χ4v) is 4.79. The van der Waals surface area contributed by atoms with E-state index in [9.17, 15) is 8.42 Å². The van der Waals surface area contributed by atoms with E-state index in [4.69, 9.17) is 0 Å². The number of hydrogen-bond donors (Lipinski definition) is 0. The number of benzene rings is 3. The van der Waals surface area contributed by atoms with E-state index in [2.05, 4.69) is 6.58 Å². The maximum absolute atomic E-state index is 13.2. The van der Waals surface area contributed by atoms with Crippen molar-refractivity contribution in [3.05, 3.63) is 108 Å². The molecule has 4 rings (SSSR count). The summed E-state index contributed by atoms with van der Waals surface area (Å²) in [6, 6.07) is 24.2. The van der Waals surface area contributed by atoms with Crippen molar-refractivity contribution in [1.82, 2.24) is 3.97 Å². The van der Waals surface area contributed by atoms with Crippen LogP contribution in [-0.4, -0.2) is 12.4 Å². The van der Waals surface area contributed by atoms with Crippen molar-refractivity contribution in [3.8, 4) is 0 Å². The van der Waals surface area contributed by atoms with E-state index in [1.807, 2.05) is 55.5 Å². The van der Waals surface area contributed by atoms with Crippen LogP contribution in [0.5, 0.6) is 0 Å². The molecule has 3 aromatic carbocycles. The normalized spacial score (nSPS) is 11.6. The molecule has 4 aromatic rings. The molecule has 0 bridgehead atoms. The molecular formula is C23H19NO2S. The third-order valence-electron chi connectivity index (χ3n) is 4.76. The van der Waals surface area contributed by atoms with Crippen LogP contribution in [0.3, 0.4) is 0 Å². The highest BCUT2D eigenvalue weighted by Gasteiger charge is 2.21. The lowest BCUT2D eigenvalue weighted by molar-refractivity contribution is 0.589. The summed E-state index contributed by atoms with van der Waals surface area (Å²) >= 11 is 0. The van der Waals surface area contributed by atoms with Gasteiger partial charge in [-0.25, -0.2) is 12.4 Å². The van der Waals surface area contributed by atoms with Gasteiger partial charge in [-0.2, -0.15) is 0 Å². The van der Waals surface area contributed by atoms with Gasteiger partial charge in [0.1, 0.15) is 0 Å². The zero-order valence-electron chi connectivity index (χ0n) is 15.0. The van der Waals surface area contributed by atoms with Crippen molar-refractivity contribution >= 4 is 26.5 Å². The minimum Gasteiger partial charge on any atom is -0.241 e. The van der Waals surface area contributed by atoms with Gasteiger partial charge < -0.3 is 0 Å². The summed E-state index contributed by atoms with van der Waals surface area (Å²) in [5, 5.41) is 0.878. The number of fused-ring (bicyclic) bond motifs is 1. The summed E-state index contributed by atoms with van der Waals surface area (Å²) in [6.07, 6.45) is 1.63. The van der Waals surface area contributed by atoms with Crippen LogP contribution in [0.25, 0.3) is 16.5 Å². The topological polar surface area (TPSA) is 39.1 Å². The highest BCUT2D eigenvalue weighted by atomic mass is 32.2. The number of hydrogen-bond acceptors (Lipinski definition) is 2. The van der Waals surface area contributed by atoms with Crippen LogP contribution in [0.4, 0.5) is 0 Å². The van der Waals surface area contributed by atoms with Crippen molar-refractivity contribution in [1.29, 1.82) is 0 Å². The summed E-state index contributed by atoms with van der Waals surface area (Å²) in [7, 11) is -3.66. The van der Waals surface area contributed by atoms with E-state index in [1.165, 1.54) is 3.97 Å². The van der Waals surface area contributed by atoms with E-state index in [-0.39, 0.29) is 4.90 Å². The van der Waals surface area contributed by atoms with Gasteiger partial charge in [-0.05, 0) is 47.4 Å². The van der Waals surface area contributed by atoms with E-state index in [0.717, 1.165) is 27.6 Å². The highest BCUT2D eigenvalue weighted by Crippen LogP contribution is 2.33. The molecule has 0 aliphatic rings. The molecule has 0 aliphatic carbocycles. The van der Waals surface area contributed by atoms with Crippen molar-refractivity contribution in [2.45, 2.75) is 11.8 Å². The number of nitrogens with zero attached hydrogens (tertiary/aromatic N) is 1. The van der Waals surface area contributed by atoms with E-state index >= 15 is 0 Å². The van der Waals surface area contributed by atoms with Crippen LogP contribution in [-0.2, 0) is 10.0 Å². The minimum atomic E-state index is -3.66. The van der Waals surface area contributed by atoms with Gasteiger partial charge in [-0.1, -0.05) is 67.2 Å². The molecule has 0 atom stereocenters. The Morgan fingerprint density at radius 2 is 1.48 bits per heavy atom. The second kappa shape index (κ2) is 6.56. The summed E-state index contributed by atoms with van der Waals surface area (Å²) in [6.45, 7) is 6.17. The van der Waals surface area contributed by atoms with Gasteiger partial charge in [0.25, 0.3) is 10.0 Å². The van der Waals surface area contributed by atoms with Crippen LogP contribution in [0.1, 0.15) is 16.7 Å². The predicted octanol–water partition coefficient (Wildman–Crippen LogP) is 5.25. The van der Waals surface area contributed by atoms with Gasteiger partial charge >= 0.3 is 0 Å². The number of aryl methyl sites for hydroxylation is 1. The maximum atomic E-state index is 13.2. The molecule has 3 nitrogen and oxygen atoms in total. The average Bonchev–Trinajstić information content (AvgIpc) is 3.16. The lowest BCUT2D eigenvalue weighted by Crippen LogP contribution is -2.12. The molecule has 27 heavy (non-hydrogen) atoms. The van der Waals surface area contributed by atoms with Gasteiger partial charge in [0.05, 0.1) is 10.4 Å². The number of rotatable bonds is 4. The summed E-state index contributed by atoms with van der Waals surface area (Å²) in [5.74, 6) is 0. The Balaban J connectivity index is 1.93. The second-order valence-corrected chi connectivity index (χ2v) is 8.28. The van der Waals surface area contributed by atoms with Crippen molar-refractivity contribution in [3.63, 3.8) is 0 Å². The third kappa shape index (κ3) is 2.88. The van der Waals surface area contributed by atoms with Gasteiger partial charge in [-0.15, -0.1) is 0 Å². The molecule has 1 heterocycles. The lowest BCUT2D eigenvalue weighted by Gasteiger charge is -2.12. The third-order valence-corrected chi connectivity index (χ3v) is 6.45. The summed E-state index contributed by atoms with van der Waals surface area (Å²) in [4.78, 5) is 0.272. The first-order chi connectivity index (χ1) is 13.0. The maximum Gasteiger partial charge on any atom is 0.268 e. The summed E-state index contributed by atoms with van der Waals surface area (Å²) in [5.41, 5.74) is 4.41. The van der Waals surface area contributed by atoms with Crippen LogP contribution < -0.4 is 0 Å².